The molecule has 0 aromatic heterocycles. The van der Waals surface area contributed by atoms with Gasteiger partial charge in [-0.05, 0) is 61.1 Å². The number of hydrogen-bond donors (Lipinski definition) is 3. The smallest absolute Gasteiger partial charge is 0.412 e. The summed E-state index contributed by atoms with van der Waals surface area (Å²) in [6.45, 7) is 0. The van der Waals surface area contributed by atoms with Crippen molar-refractivity contribution < 1.29 is 34.0 Å². The Morgan fingerprint density at radius 1 is 1.16 bits per heavy atom. The van der Waals surface area contributed by atoms with Gasteiger partial charge < -0.3 is 24.4 Å². The summed E-state index contributed by atoms with van der Waals surface area (Å²) in [4.78, 5) is 24.4. The first-order chi connectivity index (χ1) is 15.4. The minimum absolute atomic E-state index is 0.104. The molecule has 2 atom stereocenters. The molecule has 32 heavy (non-hydrogen) atoms. The van der Waals surface area contributed by atoms with Crippen LogP contribution in [0.2, 0.25) is 0 Å². The normalized spacial score (nSPS) is 12.8. The highest BCUT2D eigenvalue weighted by atomic mass is 32.2. The van der Waals surface area contributed by atoms with E-state index >= 15 is 0 Å². The van der Waals surface area contributed by atoms with Gasteiger partial charge in [0.05, 0.1) is 13.2 Å². The Morgan fingerprint density at radius 3 is 2.44 bits per heavy atom. The standard InChI is InChI=1S/C23H27NO7S/c1-29-19-13-8-15(14-18(19)25)22(20(30-2)6-4-5-7-21(26)27)31-23(28)24-16-9-11-17(32-3)12-10-16/h5,7-14,20,22,25H,4,6H2,1-3H3,(H,24,28)(H,26,27)/b7-5+/t20-,22-/m1/s1. The van der Waals surface area contributed by atoms with Crippen molar-refractivity contribution in [2.24, 2.45) is 0 Å². The Bertz CT molecular complexity index is 930. The largest absolute Gasteiger partial charge is 0.504 e. The van der Waals surface area contributed by atoms with Crippen molar-refractivity contribution in [2.75, 3.05) is 25.8 Å². The SMILES string of the molecule is COc1ccc([C@@H](OC(=O)Nc2ccc(SC)cc2)[C@@H](CC/C=C/C(=O)O)OC)cc1O. The Kier molecular flexibility index (Phi) is 9.90. The lowest BCUT2D eigenvalue weighted by molar-refractivity contribution is -0.131. The Hall–Kier alpha value is -3.17. The number of rotatable bonds is 11. The van der Waals surface area contributed by atoms with Gasteiger partial charge in [0, 0.05) is 23.8 Å². The summed E-state index contributed by atoms with van der Waals surface area (Å²) >= 11 is 1.59. The second kappa shape index (κ2) is 12.6. The number of hydrogen-bond acceptors (Lipinski definition) is 7. The van der Waals surface area contributed by atoms with E-state index < -0.39 is 24.3 Å². The third-order valence-electron chi connectivity index (χ3n) is 4.62. The molecule has 3 N–H and O–H groups in total. The number of phenols is 1. The number of benzene rings is 2. The van der Waals surface area contributed by atoms with Gasteiger partial charge in [-0.1, -0.05) is 12.1 Å². The van der Waals surface area contributed by atoms with Gasteiger partial charge in [-0.3, -0.25) is 5.32 Å². The molecule has 0 aliphatic carbocycles. The number of aliphatic carboxylic acids is 1. The summed E-state index contributed by atoms with van der Waals surface area (Å²) in [7, 11) is 2.91. The molecule has 0 radical (unpaired) electrons. The summed E-state index contributed by atoms with van der Waals surface area (Å²) in [5.41, 5.74) is 1.08. The second-order valence-electron chi connectivity index (χ2n) is 6.70. The predicted molar refractivity (Wildman–Crippen MR) is 123 cm³/mol. The van der Waals surface area contributed by atoms with Crippen molar-refractivity contribution in [3.63, 3.8) is 0 Å². The van der Waals surface area contributed by atoms with Crippen LogP contribution in [0.1, 0.15) is 24.5 Å². The molecule has 8 nitrogen and oxygen atoms in total. The average Bonchev–Trinajstić information content (AvgIpc) is 2.78. The van der Waals surface area contributed by atoms with Crippen LogP contribution < -0.4 is 10.1 Å². The summed E-state index contributed by atoms with van der Waals surface area (Å²) in [6, 6.07) is 12.0. The lowest BCUT2D eigenvalue weighted by Crippen LogP contribution is -2.28. The lowest BCUT2D eigenvalue weighted by atomic mass is 9.99. The van der Waals surface area contributed by atoms with Crippen LogP contribution in [-0.2, 0) is 14.3 Å². The zero-order valence-electron chi connectivity index (χ0n) is 18.1. The molecular formula is C23H27NO7S. The quantitative estimate of drug-likeness (QED) is 0.321. The number of allylic oxidation sites excluding steroid dienone is 1. The monoisotopic (exact) mass is 461 g/mol. The summed E-state index contributed by atoms with van der Waals surface area (Å²) in [5, 5.41) is 21.6. The molecule has 0 saturated carbocycles. The number of aromatic hydroxyl groups is 1. The molecule has 0 heterocycles. The van der Waals surface area contributed by atoms with Gasteiger partial charge >= 0.3 is 12.1 Å². The van der Waals surface area contributed by atoms with Gasteiger partial charge in [-0.25, -0.2) is 9.59 Å². The number of carbonyl (C=O) groups is 2. The Balaban J connectivity index is 2.22. The van der Waals surface area contributed by atoms with E-state index in [0.29, 0.717) is 24.1 Å². The van der Waals surface area contributed by atoms with Crippen LogP contribution in [0.4, 0.5) is 10.5 Å². The summed E-state index contributed by atoms with van der Waals surface area (Å²) < 4.78 is 16.3. The van der Waals surface area contributed by atoms with E-state index in [4.69, 9.17) is 19.3 Å². The molecule has 2 rings (SSSR count). The van der Waals surface area contributed by atoms with Crippen molar-refractivity contribution in [1.29, 1.82) is 0 Å². The van der Waals surface area contributed by atoms with Gasteiger partial charge in [0.15, 0.2) is 17.6 Å². The number of thioether (sulfide) groups is 1. The van der Waals surface area contributed by atoms with Gasteiger partial charge in [0.25, 0.3) is 0 Å². The van der Waals surface area contributed by atoms with Crippen molar-refractivity contribution >= 4 is 29.5 Å². The van der Waals surface area contributed by atoms with Crippen LogP contribution in [0.5, 0.6) is 11.5 Å². The minimum atomic E-state index is -1.04. The van der Waals surface area contributed by atoms with E-state index in [1.807, 2.05) is 18.4 Å². The number of carboxylic acids is 1. The summed E-state index contributed by atoms with van der Waals surface area (Å²) in [6.07, 6.45) is 3.15. The lowest BCUT2D eigenvalue weighted by Gasteiger charge is -2.26. The Morgan fingerprint density at radius 2 is 1.88 bits per heavy atom. The van der Waals surface area contributed by atoms with Crippen LogP contribution in [0.3, 0.4) is 0 Å². The van der Waals surface area contributed by atoms with Gasteiger partial charge in [0.1, 0.15) is 0 Å². The summed E-state index contributed by atoms with van der Waals surface area (Å²) in [5.74, 6) is -0.866. The second-order valence-corrected chi connectivity index (χ2v) is 7.58. The zero-order valence-corrected chi connectivity index (χ0v) is 18.9. The van der Waals surface area contributed by atoms with Gasteiger partial charge in [-0.15, -0.1) is 11.8 Å². The van der Waals surface area contributed by atoms with E-state index in [-0.39, 0.29) is 11.5 Å². The Labute approximate surface area is 191 Å². The zero-order chi connectivity index (χ0) is 23.5. The molecular weight excluding hydrogens is 434 g/mol. The molecule has 0 saturated heterocycles. The fourth-order valence-corrected chi connectivity index (χ4v) is 3.43. The van der Waals surface area contributed by atoms with Crippen LogP contribution in [0.15, 0.2) is 59.5 Å². The predicted octanol–water partition coefficient (Wildman–Crippen LogP) is 4.85. The third kappa shape index (κ3) is 7.51. The van der Waals surface area contributed by atoms with Gasteiger partial charge in [-0.2, -0.15) is 0 Å². The van der Waals surface area contributed by atoms with Crippen molar-refractivity contribution in [3.8, 4) is 11.5 Å². The van der Waals surface area contributed by atoms with E-state index in [1.165, 1.54) is 26.4 Å². The minimum Gasteiger partial charge on any atom is -0.504 e. The van der Waals surface area contributed by atoms with Crippen LogP contribution in [0.25, 0.3) is 0 Å². The maximum atomic E-state index is 12.6. The van der Waals surface area contributed by atoms with E-state index in [2.05, 4.69) is 5.32 Å². The average molecular weight is 462 g/mol. The molecule has 0 bridgehead atoms. The number of carbonyl (C=O) groups excluding carboxylic acids is 1. The number of nitrogens with one attached hydrogen (secondary N) is 1. The number of anilines is 1. The molecule has 9 heteroatoms. The number of phenolic OH excluding ortho intramolecular Hbond substituents is 1. The highest BCUT2D eigenvalue weighted by molar-refractivity contribution is 7.98. The van der Waals surface area contributed by atoms with E-state index in [1.54, 1.807) is 36.0 Å². The maximum absolute atomic E-state index is 12.6. The first kappa shape index (κ1) is 25.1. The third-order valence-corrected chi connectivity index (χ3v) is 5.36. The van der Waals surface area contributed by atoms with Crippen molar-refractivity contribution in [3.05, 3.63) is 60.2 Å². The molecule has 2 aromatic rings. The molecule has 172 valence electrons. The number of carboxylic acid groups (broad SMARTS) is 1. The number of methoxy groups -OCH3 is 2. The fourth-order valence-electron chi connectivity index (χ4n) is 3.02. The highest BCUT2D eigenvalue weighted by Crippen LogP contribution is 2.34. The highest BCUT2D eigenvalue weighted by Gasteiger charge is 2.28. The molecule has 2 aromatic carbocycles. The van der Waals surface area contributed by atoms with Crippen LogP contribution >= 0.6 is 11.8 Å². The molecule has 0 spiro atoms. The van der Waals surface area contributed by atoms with Crippen molar-refractivity contribution in [2.45, 2.75) is 29.9 Å². The van der Waals surface area contributed by atoms with E-state index in [9.17, 15) is 14.7 Å². The van der Waals surface area contributed by atoms with Crippen molar-refractivity contribution in [1.82, 2.24) is 0 Å². The first-order valence-electron chi connectivity index (χ1n) is 9.78. The topological polar surface area (TPSA) is 114 Å². The molecule has 1 amide bonds. The maximum Gasteiger partial charge on any atom is 0.412 e. The molecule has 0 aliphatic heterocycles. The first-order valence-corrected chi connectivity index (χ1v) is 11.0. The molecule has 0 unspecified atom stereocenters. The molecule has 0 fully saturated rings. The van der Waals surface area contributed by atoms with Gasteiger partial charge in [0.2, 0.25) is 0 Å². The van der Waals surface area contributed by atoms with E-state index in [0.717, 1.165) is 11.0 Å². The number of ether oxygens (including phenoxy) is 3. The fraction of sp³-hybridized carbons (Fsp3) is 0.304. The van der Waals surface area contributed by atoms with Crippen LogP contribution in [0, 0.1) is 0 Å². The van der Waals surface area contributed by atoms with Crippen LogP contribution in [-0.4, -0.2) is 48.9 Å². The molecule has 0 aliphatic rings. The number of amides is 1.